The van der Waals surface area contributed by atoms with Gasteiger partial charge in [0.15, 0.2) is 0 Å². The molecular formula is C28H32ClFN2O2S. The summed E-state index contributed by atoms with van der Waals surface area (Å²) < 4.78 is 41.2. The van der Waals surface area contributed by atoms with Crippen LogP contribution in [0, 0.1) is 5.82 Å². The molecule has 1 atom stereocenters. The molecule has 186 valence electrons. The quantitative estimate of drug-likeness (QED) is 0.350. The van der Waals surface area contributed by atoms with Crippen molar-refractivity contribution in [2.24, 2.45) is 0 Å². The van der Waals surface area contributed by atoms with E-state index >= 15 is 0 Å². The number of nitrogens with one attached hydrogen (secondary N) is 1. The van der Waals surface area contributed by atoms with E-state index in [0.29, 0.717) is 23.9 Å². The second kappa shape index (κ2) is 12.1. The predicted molar refractivity (Wildman–Crippen MR) is 140 cm³/mol. The predicted octanol–water partition coefficient (Wildman–Crippen LogP) is 6.20. The van der Waals surface area contributed by atoms with Gasteiger partial charge in [0.25, 0.3) is 0 Å². The third kappa shape index (κ3) is 7.37. The van der Waals surface area contributed by atoms with Crippen LogP contribution >= 0.6 is 11.6 Å². The summed E-state index contributed by atoms with van der Waals surface area (Å²) in [7, 11) is -3.53. The number of hydrogen-bond acceptors (Lipinski definition) is 3. The molecule has 3 aromatic rings. The maximum absolute atomic E-state index is 13.2. The Hall–Kier alpha value is -2.25. The first-order valence-corrected chi connectivity index (χ1v) is 14.0. The smallest absolute Gasteiger partial charge is 0.240 e. The number of hydrogen-bond donors (Lipinski definition) is 1. The summed E-state index contributed by atoms with van der Waals surface area (Å²) in [4.78, 5) is 2.76. The summed E-state index contributed by atoms with van der Waals surface area (Å²) in [5.74, 6) is 0.481. The van der Waals surface area contributed by atoms with Crippen molar-refractivity contribution in [2.45, 2.75) is 42.4 Å². The lowest BCUT2D eigenvalue weighted by atomic mass is 9.88. The maximum Gasteiger partial charge on any atom is 0.240 e. The lowest BCUT2D eigenvalue weighted by Crippen LogP contribution is -2.34. The highest BCUT2D eigenvalue weighted by Gasteiger charge is 2.22. The van der Waals surface area contributed by atoms with Crippen molar-refractivity contribution >= 4 is 21.6 Å². The second-order valence-corrected chi connectivity index (χ2v) is 11.4. The van der Waals surface area contributed by atoms with Crippen LogP contribution in [0.1, 0.15) is 48.6 Å². The molecule has 1 N–H and O–H groups in total. The zero-order valence-corrected chi connectivity index (χ0v) is 21.3. The van der Waals surface area contributed by atoms with Gasteiger partial charge in [0.2, 0.25) is 10.0 Å². The van der Waals surface area contributed by atoms with Crippen molar-refractivity contribution in [3.8, 4) is 0 Å². The highest BCUT2D eigenvalue weighted by molar-refractivity contribution is 7.89. The van der Waals surface area contributed by atoms with Crippen molar-refractivity contribution in [3.63, 3.8) is 0 Å². The summed E-state index contributed by atoms with van der Waals surface area (Å²) in [6.07, 6.45) is 3.74. The van der Waals surface area contributed by atoms with E-state index in [1.54, 1.807) is 42.5 Å². The SMILES string of the molecule is O=S(=O)(NCCC(CCN1CCC(c2ccc(F)cc2)CC1)c1cccc(Cl)c1)c1ccccc1. The van der Waals surface area contributed by atoms with E-state index in [1.165, 1.54) is 5.56 Å². The van der Waals surface area contributed by atoms with Crippen LogP contribution in [-0.2, 0) is 10.0 Å². The third-order valence-electron chi connectivity index (χ3n) is 6.88. The zero-order valence-electron chi connectivity index (χ0n) is 19.7. The highest BCUT2D eigenvalue weighted by atomic mass is 35.5. The molecule has 3 aromatic carbocycles. The molecule has 0 aromatic heterocycles. The molecule has 0 radical (unpaired) electrons. The number of piperidine rings is 1. The maximum atomic E-state index is 13.2. The fourth-order valence-corrected chi connectivity index (χ4v) is 6.12. The highest BCUT2D eigenvalue weighted by Crippen LogP contribution is 2.30. The third-order valence-corrected chi connectivity index (χ3v) is 8.59. The van der Waals surface area contributed by atoms with E-state index in [2.05, 4.69) is 15.7 Å². The van der Waals surface area contributed by atoms with E-state index < -0.39 is 10.0 Å². The lowest BCUT2D eigenvalue weighted by Gasteiger charge is -2.33. The number of sulfonamides is 1. The summed E-state index contributed by atoms with van der Waals surface area (Å²) in [5.41, 5.74) is 2.35. The molecule has 1 aliphatic heterocycles. The number of nitrogens with zero attached hydrogens (tertiary/aromatic N) is 1. The topological polar surface area (TPSA) is 49.4 Å². The number of halogens is 2. The first-order valence-electron chi connectivity index (χ1n) is 12.2. The number of rotatable bonds is 10. The van der Waals surface area contributed by atoms with Gasteiger partial charge in [-0.1, -0.05) is 54.1 Å². The molecule has 0 spiro atoms. The van der Waals surface area contributed by atoms with Crippen LogP contribution in [0.15, 0.2) is 83.8 Å². The van der Waals surface area contributed by atoms with Gasteiger partial charge < -0.3 is 4.90 Å². The average Bonchev–Trinajstić information content (AvgIpc) is 2.87. The van der Waals surface area contributed by atoms with Gasteiger partial charge >= 0.3 is 0 Å². The van der Waals surface area contributed by atoms with Crippen molar-refractivity contribution in [1.29, 1.82) is 0 Å². The molecular weight excluding hydrogens is 483 g/mol. The van der Waals surface area contributed by atoms with Crippen LogP contribution in [0.4, 0.5) is 4.39 Å². The van der Waals surface area contributed by atoms with Crippen molar-refractivity contribution in [2.75, 3.05) is 26.2 Å². The van der Waals surface area contributed by atoms with Gasteiger partial charge in [-0.25, -0.2) is 17.5 Å². The first kappa shape index (κ1) is 25.8. The normalized spacial score (nSPS) is 16.3. The Kier molecular flexibility index (Phi) is 8.95. The van der Waals surface area contributed by atoms with Crippen LogP contribution in [0.25, 0.3) is 0 Å². The van der Waals surface area contributed by atoms with Crippen LogP contribution in [0.3, 0.4) is 0 Å². The minimum absolute atomic E-state index is 0.190. The minimum atomic E-state index is -3.53. The van der Waals surface area contributed by atoms with Crippen molar-refractivity contribution in [1.82, 2.24) is 9.62 Å². The summed E-state index contributed by atoms with van der Waals surface area (Å²) >= 11 is 6.26. The molecule has 1 unspecified atom stereocenters. The Morgan fingerprint density at radius 1 is 0.943 bits per heavy atom. The standard InChI is InChI=1S/C28H32ClFN2O2S/c29-26-6-4-5-25(21-26)23(13-17-31-35(33,34)28-7-2-1-3-8-28)14-18-32-19-15-24(16-20-32)22-9-11-27(30)12-10-22/h1-12,21,23-24,31H,13-20H2. The van der Waals surface area contributed by atoms with E-state index in [9.17, 15) is 12.8 Å². The van der Waals surface area contributed by atoms with Crippen LogP contribution < -0.4 is 4.72 Å². The van der Waals surface area contributed by atoms with Crippen molar-refractivity contribution < 1.29 is 12.8 Å². The fraction of sp³-hybridized carbons (Fsp3) is 0.357. The molecule has 7 heteroatoms. The summed E-state index contributed by atoms with van der Waals surface area (Å²) in [6.45, 7) is 3.32. The summed E-state index contributed by atoms with van der Waals surface area (Å²) in [5, 5.41) is 0.692. The molecule has 0 bridgehead atoms. The summed E-state index contributed by atoms with van der Waals surface area (Å²) in [6, 6.07) is 23.2. The molecule has 4 nitrogen and oxygen atoms in total. The lowest BCUT2D eigenvalue weighted by molar-refractivity contribution is 0.204. The first-order chi connectivity index (χ1) is 16.9. The molecule has 0 saturated carbocycles. The van der Waals surface area contributed by atoms with Crippen molar-refractivity contribution in [3.05, 3.63) is 101 Å². The van der Waals surface area contributed by atoms with Gasteiger partial charge in [-0.2, -0.15) is 0 Å². The van der Waals surface area contributed by atoms with E-state index in [1.807, 2.05) is 30.3 Å². The Balaban J connectivity index is 1.33. The average molecular weight is 515 g/mol. The Bertz CT molecular complexity index is 1180. The molecule has 35 heavy (non-hydrogen) atoms. The molecule has 4 rings (SSSR count). The largest absolute Gasteiger partial charge is 0.303 e. The van der Waals surface area contributed by atoms with Gasteiger partial charge in [-0.3, -0.25) is 0 Å². The van der Waals surface area contributed by atoms with Gasteiger partial charge in [-0.05, 0) is 105 Å². The van der Waals surface area contributed by atoms with Crippen LogP contribution in [0.2, 0.25) is 5.02 Å². The molecule has 1 saturated heterocycles. The number of benzene rings is 3. The Labute approximate surface area is 213 Å². The molecule has 0 aliphatic carbocycles. The van der Waals surface area contributed by atoms with E-state index in [-0.39, 0.29) is 16.6 Å². The van der Waals surface area contributed by atoms with Gasteiger partial charge in [-0.15, -0.1) is 0 Å². The van der Waals surface area contributed by atoms with Gasteiger partial charge in [0, 0.05) is 11.6 Å². The Morgan fingerprint density at radius 2 is 1.66 bits per heavy atom. The van der Waals surface area contributed by atoms with Gasteiger partial charge in [0.1, 0.15) is 5.82 Å². The van der Waals surface area contributed by atoms with E-state index in [4.69, 9.17) is 11.6 Å². The molecule has 1 heterocycles. The van der Waals surface area contributed by atoms with Crippen LogP contribution in [0.5, 0.6) is 0 Å². The minimum Gasteiger partial charge on any atom is -0.303 e. The second-order valence-electron chi connectivity index (χ2n) is 9.21. The number of likely N-dealkylation sites (tertiary alicyclic amines) is 1. The van der Waals surface area contributed by atoms with Gasteiger partial charge in [0.05, 0.1) is 4.90 Å². The molecule has 1 aliphatic rings. The monoisotopic (exact) mass is 514 g/mol. The molecule has 1 fully saturated rings. The zero-order chi connectivity index (χ0) is 24.7. The van der Waals surface area contributed by atoms with Crippen LogP contribution in [-0.4, -0.2) is 39.5 Å². The Morgan fingerprint density at radius 3 is 2.34 bits per heavy atom. The molecule has 0 amide bonds. The van der Waals surface area contributed by atoms with E-state index in [0.717, 1.165) is 44.5 Å². The fourth-order valence-electron chi connectivity index (χ4n) is 4.85.